The molecule has 4 heteroatoms. The molecular weight excluding hydrogens is 274 g/mol. The molecule has 1 amide bonds. The summed E-state index contributed by atoms with van der Waals surface area (Å²) in [4.78, 5) is 16.2. The molecule has 1 aromatic carbocycles. The van der Waals surface area contributed by atoms with E-state index in [1.807, 2.05) is 12.1 Å². The summed E-state index contributed by atoms with van der Waals surface area (Å²) in [6.45, 7) is 7.58. The average molecular weight is 297 g/mol. The summed E-state index contributed by atoms with van der Waals surface area (Å²) in [7, 11) is 0. The van der Waals surface area contributed by atoms with Crippen LogP contribution in [-0.2, 0) is 6.54 Å². The van der Waals surface area contributed by atoms with Crippen molar-refractivity contribution in [3.05, 3.63) is 59.4 Å². The second-order valence-electron chi connectivity index (χ2n) is 5.91. The minimum Gasteiger partial charge on any atom is -0.380 e. The molecule has 0 radical (unpaired) electrons. The molecule has 2 N–H and O–H groups in total. The first-order valence-corrected chi connectivity index (χ1v) is 7.57. The third kappa shape index (κ3) is 4.88. The Balaban J connectivity index is 1.97. The molecule has 0 atom stereocenters. The van der Waals surface area contributed by atoms with E-state index in [-0.39, 0.29) is 5.91 Å². The Hall–Kier alpha value is -2.36. The van der Waals surface area contributed by atoms with Gasteiger partial charge in [-0.05, 0) is 24.5 Å². The Bertz CT molecular complexity index is 638. The molecule has 0 saturated carbocycles. The van der Waals surface area contributed by atoms with Gasteiger partial charge in [-0.2, -0.15) is 0 Å². The van der Waals surface area contributed by atoms with Crippen molar-refractivity contribution in [3.8, 4) is 0 Å². The number of anilines is 1. The number of hydrogen-bond donors (Lipinski definition) is 2. The highest BCUT2D eigenvalue weighted by molar-refractivity contribution is 5.94. The molecule has 2 aromatic rings. The van der Waals surface area contributed by atoms with Gasteiger partial charge in [0.15, 0.2) is 0 Å². The first-order chi connectivity index (χ1) is 10.5. The van der Waals surface area contributed by atoms with Crippen molar-refractivity contribution in [1.29, 1.82) is 0 Å². The third-order valence-corrected chi connectivity index (χ3v) is 3.25. The molecule has 0 aliphatic rings. The highest BCUT2D eigenvalue weighted by Gasteiger charge is 2.07. The van der Waals surface area contributed by atoms with Crippen molar-refractivity contribution in [2.75, 3.05) is 11.9 Å². The molecule has 1 aromatic heterocycles. The van der Waals surface area contributed by atoms with Gasteiger partial charge in [-0.3, -0.25) is 9.78 Å². The normalized spacial score (nSPS) is 10.5. The molecule has 0 fully saturated rings. The summed E-state index contributed by atoms with van der Waals surface area (Å²) in [6.07, 6.45) is 3.32. The largest absolute Gasteiger partial charge is 0.380 e. The summed E-state index contributed by atoms with van der Waals surface area (Å²) >= 11 is 0. The number of amides is 1. The number of nitrogens with zero attached hydrogens (tertiary/aromatic N) is 1. The van der Waals surface area contributed by atoms with Gasteiger partial charge < -0.3 is 10.6 Å². The fourth-order valence-electron chi connectivity index (χ4n) is 2.09. The molecule has 2 rings (SSSR count). The number of carbonyl (C=O) groups is 1. The van der Waals surface area contributed by atoms with Crippen molar-refractivity contribution >= 4 is 11.6 Å². The maximum atomic E-state index is 12.0. The van der Waals surface area contributed by atoms with E-state index >= 15 is 0 Å². The SMILES string of the molecule is Cc1cccc(CNc2cncc(C(=O)NCC(C)C)c2)c1. The van der Waals surface area contributed by atoms with E-state index in [2.05, 4.69) is 54.6 Å². The summed E-state index contributed by atoms with van der Waals surface area (Å²) in [6, 6.07) is 10.2. The molecule has 22 heavy (non-hydrogen) atoms. The van der Waals surface area contributed by atoms with Gasteiger partial charge in [0.05, 0.1) is 11.3 Å². The molecule has 0 aliphatic carbocycles. The van der Waals surface area contributed by atoms with Crippen LogP contribution in [0.2, 0.25) is 0 Å². The van der Waals surface area contributed by atoms with Crippen molar-refractivity contribution in [2.24, 2.45) is 5.92 Å². The van der Waals surface area contributed by atoms with Crippen LogP contribution in [0.5, 0.6) is 0 Å². The van der Waals surface area contributed by atoms with Crippen LogP contribution in [0.4, 0.5) is 5.69 Å². The lowest BCUT2D eigenvalue weighted by atomic mass is 10.1. The predicted octanol–water partition coefficient (Wildman–Crippen LogP) is 3.39. The van der Waals surface area contributed by atoms with Gasteiger partial charge in [0.2, 0.25) is 0 Å². The first-order valence-electron chi connectivity index (χ1n) is 7.57. The standard InChI is InChI=1S/C18H23N3O/c1-13(2)9-21-18(22)16-8-17(12-19-11-16)20-10-15-6-4-5-14(3)7-15/h4-8,11-13,20H,9-10H2,1-3H3,(H,21,22). The molecule has 0 bridgehead atoms. The minimum absolute atomic E-state index is 0.0830. The number of rotatable bonds is 6. The van der Waals surface area contributed by atoms with Gasteiger partial charge >= 0.3 is 0 Å². The van der Waals surface area contributed by atoms with Crippen LogP contribution in [0.15, 0.2) is 42.7 Å². The number of nitrogens with one attached hydrogen (secondary N) is 2. The van der Waals surface area contributed by atoms with Gasteiger partial charge in [0, 0.05) is 25.5 Å². The number of benzene rings is 1. The second kappa shape index (κ2) is 7.59. The molecular formula is C18H23N3O. The molecule has 0 aliphatic heterocycles. The molecule has 0 saturated heterocycles. The van der Waals surface area contributed by atoms with Crippen molar-refractivity contribution < 1.29 is 4.79 Å². The average Bonchev–Trinajstić information content (AvgIpc) is 2.51. The van der Waals surface area contributed by atoms with Gasteiger partial charge in [0.25, 0.3) is 5.91 Å². The van der Waals surface area contributed by atoms with E-state index in [0.29, 0.717) is 24.6 Å². The van der Waals surface area contributed by atoms with Gasteiger partial charge in [0.1, 0.15) is 0 Å². The zero-order chi connectivity index (χ0) is 15.9. The summed E-state index contributed by atoms with van der Waals surface area (Å²) in [5.41, 5.74) is 3.86. The van der Waals surface area contributed by atoms with E-state index < -0.39 is 0 Å². The Morgan fingerprint density at radius 3 is 2.77 bits per heavy atom. The highest BCUT2D eigenvalue weighted by atomic mass is 16.1. The molecule has 0 unspecified atom stereocenters. The smallest absolute Gasteiger partial charge is 0.252 e. The van der Waals surface area contributed by atoms with E-state index in [4.69, 9.17) is 0 Å². The Labute approximate surface area is 132 Å². The first kappa shape index (κ1) is 16.0. The lowest BCUT2D eigenvalue weighted by molar-refractivity contribution is 0.0948. The third-order valence-electron chi connectivity index (χ3n) is 3.25. The van der Waals surface area contributed by atoms with Crippen LogP contribution in [0.3, 0.4) is 0 Å². The maximum Gasteiger partial charge on any atom is 0.252 e. The Morgan fingerprint density at radius 2 is 2.05 bits per heavy atom. The van der Waals surface area contributed by atoms with Gasteiger partial charge in [-0.25, -0.2) is 0 Å². The highest BCUT2D eigenvalue weighted by Crippen LogP contribution is 2.11. The number of pyridine rings is 1. The van der Waals surface area contributed by atoms with Crippen LogP contribution in [0.1, 0.15) is 35.3 Å². The van der Waals surface area contributed by atoms with Crippen LogP contribution in [-0.4, -0.2) is 17.4 Å². The monoisotopic (exact) mass is 297 g/mol. The summed E-state index contributed by atoms with van der Waals surface area (Å²) in [5.74, 6) is 0.347. The fraction of sp³-hybridized carbons (Fsp3) is 0.333. The summed E-state index contributed by atoms with van der Waals surface area (Å²) in [5, 5.41) is 6.21. The minimum atomic E-state index is -0.0830. The van der Waals surface area contributed by atoms with E-state index in [9.17, 15) is 4.79 Å². The lowest BCUT2D eigenvalue weighted by Gasteiger charge is -2.10. The number of aromatic nitrogens is 1. The van der Waals surface area contributed by atoms with Crippen LogP contribution < -0.4 is 10.6 Å². The number of carbonyl (C=O) groups excluding carboxylic acids is 1. The van der Waals surface area contributed by atoms with Crippen molar-refractivity contribution in [1.82, 2.24) is 10.3 Å². The zero-order valence-corrected chi connectivity index (χ0v) is 13.4. The zero-order valence-electron chi connectivity index (χ0n) is 13.4. The lowest BCUT2D eigenvalue weighted by Crippen LogP contribution is -2.27. The second-order valence-corrected chi connectivity index (χ2v) is 5.91. The van der Waals surface area contributed by atoms with Crippen LogP contribution >= 0.6 is 0 Å². The predicted molar refractivity (Wildman–Crippen MR) is 89.9 cm³/mol. The molecule has 1 heterocycles. The quantitative estimate of drug-likeness (QED) is 0.859. The summed E-state index contributed by atoms with van der Waals surface area (Å²) < 4.78 is 0. The molecule has 4 nitrogen and oxygen atoms in total. The van der Waals surface area contributed by atoms with Crippen LogP contribution in [0, 0.1) is 12.8 Å². The van der Waals surface area contributed by atoms with Gasteiger partial charge in [-0.15, -0.1) is 0 Å². The van der Waals surface area contributed by atoms with Crippen molar-refractivity contribution in [2.45, 2.75) is 27.3 Å². The maximum absolute atomic E-state index is 12.0. The molecule has 116 valence electrons. The van der Waals surface area contributed by atoms with E-state index in [0.717, 1.165) is 5.69 Å². The number of aryl methyl sites for hydroxylation is 1. The Kier molecular flexibility index (Phi) is 5.53. The van der Waals surface area contributed by atoms with Gasteiger partial charge in [-0.1, -0.05) is 43.7 Å². The number of hydrogen-bond acceptors (Lipinski definition) is 3. The van der Waals surface area contributed by atoms with E-state index in [1.54, 1.807) is 12.4 Å². The topological polar surface area (TPSA) is 54.0 Å². The van der Waals surface area contributed by atoms with E-state index in [1.165, 1.54) is 11.1 Å². The van der Waals surface area contributed by atoms with Crippen LogP contribution in [0.25, 0.3) is 0 Å². The Morgan fingerprint density at radius 1 is 1.23 bits per heavy atom. The van der Waals surface area contributed by atoms with Crippen molar-refractivity contribution in [3.63, 3.8) is 0 Å². The fourth-order valence-corrected chi connectivity index (χ4v) is 2.09. The molecule has 0 spiro atoms.